The van der Waals surface area contributed by atoms with Crippen molar-refractivity contribution in [2.45, 2.75) is 39.0 Å². The summed E-state index contributed by atoms with van der Waals surface area (Å²) in [6.45, 7) is 7.53. The van der Waals surface area contributed by atoms with Crippen molar-refractivity contribution in [3.05, 3.63) is 28.2 Å². The van der Waals surface area contributed by atoms with Gasteiger partial charge in [-0.1, -0.05) is 26.8 Å². The van der Waals surface area contributed by atoms with E-state index in [0.717, 1.165) is 30.3 Å². The molecule has 0 bridgehead atoms. The molecule has 0 atom stereocenters. The lowest BCUT2D eigenvalue weighted by Gasteiger charge is -2.23. The summed E-state index contributed by atoms with van der Waals surface area (Å²) in [6.07, 6.45) is 2.06. The number of nitrogens with one attached hydrogen (secondary N) is 1. The fourth-order valence-electron chi connectivity index (χ4n) is 1.70. The Kier molecular flexibility index (Phi) is 4.35. The smallest absolute Gasteiger partial charge is 0.202 e. The van der Waals surface area contributed by atoms with Crippen LogP contribution < -0.4 is 5.32 Å². The van der Waals surface area contributed by atoms with Crippen molar-refractivity contribution in [3.8, 4) is 0 Å². The Labute approximate surface area is 116 Å². The van der Waals surface area contributed by atoms with Gasteiger partial charge in [0.2, 0.25) is 5.13 Å². The maximum atomic E-state index is 4.48. The van der Waals surface area contributed by atoms with E-state index in [2.05, 4.69) is 53.0 Å². The zero-order valence-electron chi connectivity index (χ0n) is 11.1. The number of aryl methyl sites for hydroxylation is 1. The molecule has 2 heterocycles. The maximum Gasteiger partial charge on any atom is 0.202 e. The number of thiophene rings is 1. The summed E-state index contributed by atoms with van der Waals surface area (Å²) in [5.41, 5.74) is 0.130. The van der Waals surface area contributed by atoms with Crippen molar-refractivity contribution >= 4 is 28.0 Å². The monoisotopic (exact) mass is 281 g/mol. The van der Waals surface area contributed by atoms with Crippen LogP contribution in [0.2, 0.25) is 0 Å². The van der Waals surface area contributed by atoms with Crippen LogP contribution in [0.1, 0.15) is 37.9 Å². The van der Waals surface area contributed by atoms with Crippen LogP contribution in [0.15, 0.2) is 17.5 Å². The van der Waals surface area contributed by atoms with Crippen LogP contribution in [0.25, 0.3) is 0 Å². The predicted molar refractivity (Wildman–Crippen MR) is 79.7 cm³/mol. The van der Waals surface area contributed by atoms with Crippen molar-refractivity contribution < 1.29 is 0 Å². The third-order valence-corrected chi connectivity index (χ3v) is 4.76. The second-order valence-electron chi connectivity index (χ2n) is 4.98. The first-order valence-corrected chi connectivity index (χ1v) is 7.87. The van der Waals surface area contributed by atoms with Gasteiger partial charge in [-0.05, 0) is 17.9 Å². The number of anilines is 1. The van der Waals surface area contributed by atoms with Crippen molar-refractivity contribution in [2.24, 2.45) is 0 Å². The van der Waals surface area contributed by atoms with E-state index < -0.39 is 0 Å². The third kappa shape index (κ3) is 3.29. The van der Waals surface area contributed by atoms with Gasteiger partial charge in [0.15, 0.2) is 0 Å². The molecule has 98 valence electrons. The summed E-state index contributed by atoms with van der Waals surface area (Å²) in [7, 11) is 0. The molecule has 0 spiro atoms. The Hall–Kier alpha value is -0.940. The second kappa shape index (κ2) is 5.80. The number of nitrogens with zero attached hydrogens (tertiary/aromatic N) is 2. The van der Waals surface area contributed by atoms with E-state index in [-0.39, 0.29) is 5.41 Å². The van der Waals surface area contributed by atoms with Gasteiger partial charge in [0.1, 0.15) is 5.82 Å². The molecule has 2 aromatic heterocycles. The molecule has 0 aliphatic rings. The van der Waals surface area contributed by atoms with Gasteiger partial charge in [-0.3, -0.25) is 0 Å². The van der Waals surface area contributed by atoms with Crippen LogP contribution in [0.4, 0.5) is 5.13 Å². The molecule has 0 aromatic carbocycles. The average Bonchev–Trinajstić information content (AvgIpc) is 2.98. The average molecular weight is 281 g/mol. The standard InChI is InChI=1S/C13H19N3S2/c1-4-6-11-15-12(18-16-11)14-9-13(2,3)10-7-5-8-17-10/h5,7-8H,4,6,9H2,1-3H3,(H,14,15,16). The van der Waals surface area contributed by atoms with E-state index in [4.69, 9.17) is 0 Å². The van der Waals surface area contributed by atoms with Gasteiger partial charge in [-0.15, -0.1) is 11.3 Å². The molecular weight excluding hydrogens is 262 g/mol. The van der Waals surface area contributed by atoms with E-state index in [1.807, 2.05) is 0 Å². The summed E-state index contributed by atoms with van der Waals surface area (Å²) in [4.78, 5) is 5.88. The van der Waals surface area contributed by atoms with Gasteiger partial charge in [-0.2, -0.15) is 4.37 Å². The highest BCUT2D eigenvalue weighted by Crippen LogP contribution is 2.28. The van der Waals surface area contributed by atoms with Crippen molar-refractivity contribution in [1.82, 2.24) is 9.36 Å². The highest BCUT2D eigenvalue weighted by molar-refractivity contribution is 7.10. The minimum absolute atomic E-state index is 0.130. The fourth-order valence-corrected chi connectivity index (χ4v) is 3.16. The molecule has 2 rings (SSSR count). The van der Waals surface area contributed by atoms with Gasteiger partial charge in [0.25, 0.3) is 0 Å². The third-order valence-electron chi connectivity index (χ3n) is 2.81. The van der Waals surface area contributed by atoms with Crippen LogP contribution in [0.3, 0.4) is 0 Å². The normalized spacial score (nSPS) is 11.7. The minimum Gasteiger partial charge on any atom is -0.359 e. The lowest BCUT2D eigenvalue weighted by Crippen LogP contribution is -2.26. The van der Waals surface area contributed by atoms with Crippen molar-refractivity contribution in [1.29, 1.82) is 0 Å². The van der Waals surface area contributed by atoms with Crippen molar-refractivity contribution in [3.63, 3.8) is 0 Å². The molecule has 3 nitrogen and oxygen atoms in total. The summed E-state index contributed by atoms with van der Waals surface area (Å²) in [6, 6.07) is 4.29. The van der Waals surface area contributed by atoms with Gasteiger partial charge >= 0.3 is 0 Å². The summed E-state index contributed by atoms with van der Waals surface area (Å²) < 4.78 is 4.34. The summed E-state index contributed by atoms with van der Waals surface area (Å²) >= 11 is 3.26. The van der Waals surface area contributed by atoms with E-state index in [1.54, 1.807) is 11.3 Å². The van der Waals surface area contributed by atoms with Crippen LogP contribution in [0.5, 0.6) is 0 Å². The van der Waals surface area contributed by atoms with Gasteiger partial charge < -0.3 is 5.32 Å². The maximum absolute atomic E-state index is 4.48. The number of rotatable bonds is 6. The number of aromatic nitrogens is 2. The number of hydrogen-bond donors (Lipinski definition) is 1. The second-order valence-corrected chi connectivity index (χ2v) is 6.68. The number of hydrogen-bond acceptors (Lipinski definition) is 5. The molecule has 2 aromatic rings. The molecular formula is C13H19N3S2. The molecule has 0 radical (unpaired) electrons. The Morgan fingerprint density at radius 1 is 1.39 bits per heavy atom. The molecule has 0 unspecified atom stereocenters. The van der Waals surface area contributed by atoms with E-state index in [0.29, 0.717) is 0 Å². The molecule has 5 heteroatoms. The van der Waals surface area contributed by atoms with Gasteiger partial charge in [-0.25, -0.2) is 4.98 Å². The van der Waals surface area contributed by atoms with Crippen LogP contribution in [0, 0.1) is 0 Å². The topological polar surface area (TPSA) is 37.8 Å². The highest BCUT2D eigenvalue weighted by Gasteiger charge is 2.21. The van der Waals surface area contributed by atoms with E-state index in [1.165, 1.54) is 16.4 Å². The van der Waals surface area contributed by atoms with Crippen LogP contribution >= 0.6 is 22.9 Å². The van der Waals surface area contributed by atoms with Crippen LogP contribution in [-0.2, 0) is 11.8 Å². The molecule has 1 N–H and O–H groups in total. The lowest BCUT2D eigenvalue weighted by atomic mass is 9.91. The zero-order valence-corrected chi connectivity index (χ0v) is 12.7. The molecule has 0 fully saturated rings. The summed E-state index contributed by atoms with van der Waals surface area (Å²) in [5.74, 6) is 0.957. The fraction of sp³-hybridized carbons (Fsp3) is 0.538. The van der Waals surface area contributed by atoms with Crippen molar-refractivity contribution in [2.75, 3.05) is 11.9 Å². The van der Waals surface area contributed by atoms with E-state index in [9.17, 15) is 0 Å². The minimum atomic E-state index is 0.130. The molecule has 0 amide bonds. The SMILES string of the molecule is CCCc1nsc(NCC(C)(C)c2cccs2)n1. The highest BCUT2D eigenvalue weighted by atomic mass is 32.1. The zero-order chi connectivity index (χ0) is 13.0. The first-order valence-electron chi connectivity index (χ1n) is 6.22. The largest absolute Gasteiger partial charge is 0.359 e. The Morgan fingerprint density at radius 2 is 2.22 bits per heavy atom. The molecule has 0 aliphatic carbocycles. The van der Waals surface area contributed by atoms with Crippen LogP contribution in [-0.4, -0.2) is 15.9 Å². The Morgan fingerprint density at radius 3 is 2.89 bits per heavy atom. The molecule has 0 aliphatic heterocycles. The van der Waals surface area contributed by atoms with Gasteiger partial charge in [0, 0.05) is 34.8 Å². The summed E-state index contributed by atoms with van der Waals surface area (Å²) in [5, 5.41) is 6.46. The lowest BCUT2D eigenvalue weighted by molar-refractivity contribution is 0.569. The molecule has 0 saturated carbocycles. The first-order chi connectivity index (χ1) is 8.62. The Bertz CT molecular complexity index is 474. The molecule has 0 saturated heterocycles. The first kappa shape index (κ1) is 13.5. The quantitative estimate of drug-likeness (QED) is 0.871. The molecule has 18 heavy (non-hydrogen) atoms. The van der Waals surface area contributed by atoms with Gasteiger partial charge in [0.05, 0.1) is 0 Å². The van der Waals surface area contributed by atoms with E-state index >= 15 is 0 Å². The Balaban J connectivity index is 1.94. The predicted octanol–water partition coefficient (Wildman–Crippen LogP) is 3.94.